The van der Waals surface area contributed by atoms with Crippen LogP contribution >= 0.6 is 0 Å². The zero-order valence-electron chi connectivity index (χ0n) is 9.92. The average Bonchev–Trinajstić information content (AvgIpc) is 2.27. The van der Waals surface area contributed by atoms with E-state index >= 15 is 0 Å². The molecular formula is C14H20O. The Labute approximate surface area is 92.5 Å². The van der Waals surface area contributed by atoms with Gasteiger partial charge in [-0.3, -0.25) is 0 Å². The lowest BCUT2D eigenvalue weighted by Gasteiger charge is -2.28. The molecule has 15 heavy (non-hydrogen) atoms. The van der Waals surface area contributed by atoms with Gasteiger partial charge in [0.15, 0.2) is 0 Å². The quantitative estimate of drug-likeness (QED) is 0.717. The highest BCUT2D eigenvalue weighted by Crippen LogP contribution is 2.31. The molecule has 1 heterocycles. The number of aryl methyl sites for hydroxylation is 1. The first-order chi connectivity index (χ1) is 7.20. The molecule has 1 aromatic carbocycles. The maximum atomic E-state index is 5.80. The highest BCUT2D eigenvalue weighted by Gasteiger charge is 2.22. The van der Waals surface area contributed by atoms with Crippen molar-refractivity contribution in [1.82, 2.24) is 0 Å². The fourth-order valence-electron chi connectivity index (χ4n) is 2.12. The Bertz CT molecular complexity index is 341. The summed E-state index contributed by atoms with van der Waals surface area (Å²) < 4.78 is 5.80. The van der Waals surface area contributed by atoms with Crippen LogP contribution in [0.3, 0.4) is 0 Å². The van der Waals surface area contributed by atoms with Crippen molar-refractivity contribution in [2.24, 2.45) is 11.8 Å². The van der Waals surface area contributed by atoms with Gasteiger partial charge in [0.25, 0.3) is 0 Å². The van der Waals surface area contributed by atoms with Crippen molar-refractivity contribution in [3.8, 4) is 5.75 Å². The molecule has 1 heteroatoms. The summed E-state index contributed by atoms with van der Waals surface area (Å²) in [6, 6.07) is 6.61. The maximum absolute atomic E-state index is 5.80. The van der Waals surface area contributed by atoms with E-state index in [1.165, 1.54) is 17.5 Å². The highest BCUT2D eigenvalue weighted by molar-refractivity contribution is 5.39. The summed E-state index contributed by atoms with van der Waals surface area (Å²) in [5, 5.41) is 0. The molecule has 1 unspecified atom stereocenters. The highest BCUT2D eigenvalue weighted by atomic mass is 16.5. The van der Waals surface area contributed by atoms with Crippen LogP contribution in [0.2, 0.25) is 0 Å². The molecular weight excluding hydrogens is 184 g/mol. The van der Waals surface area contributed by atoms with Crippen molar-refractivity contribution in [2.75, 3.05) is 6.61 Å². The van der Waals surface area contributed by atoms with E-state index in [0.29, 0.717) is 11.8 Å². The van der Waals surface area contributed by atoms with Crippen molar-refractivity contribution in [1.29, 1.82) is 0 Å². The van der Waals surface area contributed by atoms with Crippen molar-refractivity contribution >= 4 is 0 Å². The summed E-state index contributed by atoms with van der Waals surface area (Å²) in [6.07, 6.45) is 2.29. The van der Waals surface area contributed by atoms with Crippen LogP contribution in [0, 0.1) is 11.8 Å². The number of hydrogen-bond acceptors (Lipinski definition) is 1. The molecule has 0 aliphatic carbocycles. The van der Waals surface area contributed by atoms with Crippen LogP contribution in [0.15, 0.2) is 18.2 Å². The van der Waals surface area contributed by atoms with Crippen LogP contribution < -0.4 is 4.74 Å². The van der Waals surface area contributed by atoms with Gasteiger partial charge in [-0.1, -0.05) is 32.9 Å². The van der Waals surface area contributed by atoms with Crippen LogP contribution in [-0.2, 0) is 12.8 Å². The summed E-state index contributed by atoms with van der Waals surface area (Å²) in [5.74, 6) is 2.50. The molecule has 1 aliphatic heterocycles. The molecule has 0 bridgehead atoms. The molecule has 1 atom stereocenters. The minimum Gasteiger partial charge on any atom is -0.493 e. The van der Waals surface area contributed by atoms with E-state index in [1.54, 1.807) is 0 Å². The predicted octanol–water partition coefficient (Wildman–Crippen LogP) is 3.46. The normalized spacial score (nSPS) is 19.9. The van der Waals surface area contributed by atoms with Gasteiger partial charge in [-0.15, -0.1) is 0 Å². The molecule has 0 N–H and O–H groups in total. The van der Waals surface area contributed by atoms with Gasteiger partial charge < -0.3 is 4.74 Å². The molecule has 1 nitrogen and oxygen atoms in total. The fourth-order valence-corrected chi connectivity index (χ4v) is 2.12. The maximum Gasteiger partial charge on any atom is 0.122 e. The summed E-state index contributed by atoms with van der Waals surface area (Å²) in [4.78, 5) is 0. The zero-order valence-corrected chi connectivity index (χ0v) is 9.92. The van der Waals surface area contributed by atoms with E-state index in [2.05, 4.69) is 39.0 Å². The predicted molar refractivity (Wildman–Crippen MR) is 63.3 cm³/mol. The second-order valence-electron chi connectivity index (χ2n) is 4.81. The second kappa shape index (κ2) is 4.26. The van der Waals surface area contributed by atoms with Gasteiger partial charge in [-0.25, -0.2) is 0 Å². The lowest BCUT2D eigenvalue weighted by atomic mass is 9.87. The van der Waals surface area contributed by atoms with E-state index in [0.717, 1.165) is 18.8 Å². The number of rotatable bonds is 2. The number of benzene rings is 1. The number of ether oxygens (including phenoxy) is 1. The van der Waals surface area contributed by atoms with Crippen molar-refractivity contribution in [3.05, 3.63) is 29.3 Å². The van der Waals surface area contributed by atoms with Crippen molar-refractivity contribution in [3.63, 3.8) is 0 Å². The Morgan fingerprint density at radius 1 is 1.40 bits per heavy atom. The summed E-state index contributed by atoms with van der Waals surface area (Å²) >= 11 is 0. The first-order valence-corrected chi connectivity index (χ1v) is 5.95. The first kappa shape index (κ1) is 10.5. The summed E-state index contributed by atoms with van der Waals surface area (Å²) in [7, 11) is 0. The topological polar surface area (TPSA) is 9.23 Å². The largest absolute Gasteiger partial charge is 0.493 e. The van der Waals surface area contributed by atoms with Crippen LogP contribution in [0.25, 0.3) is 0 Å². The van der Waals surface area contributed by atoms with Gasteiger partial charge in [-0.2, -0.15) is 0 Å². The monoisotopic (exact) mass is 204 g/mol. The minimum atomic E-state index is 0.685. The van der Waals surface area contributed by atoms with Crippen LogP contribution in [0.4, 0.5) is 0 Å². The van der Waals surface area contributed by atoms with Gasteiger partial charge in [0.05, 0.1) is 6.61 Å². The van der Waals surface area contributed by atoms with Gasteiger partial charge in [0, 0.05) is 0 Å². The van der Waals surface area contributed by atoms with E-state index in [1.807, 2.05) is 0 Å². The van der Waals surface area contributed by atoms with Gasteiger partial charge >= 0.3 is 0 Å². The Morgan fingerprint density at radius 2 is 2.20 bits per heavy atom. The van der Waals surface area contributed by atoms with E-state index in [4.69, 9.17) is 4.74 Å². The Hall–Kier alpha value is -0.980. The Balaban J connectivity index is 2.23. The summed E-state index contributed by atoms with van der Waals surface area (Å²) in [5.41, 5.74) is 2.82. The molecule has 0 spiro atoms. The number of hydrogen-bond donors (Lipinski definition) is 0. The SMILES string of the molecule is CCc1ccc2c(c1)CC(C(C)C)CO2. The van der Waals surface area contributed by atoms with Crippen LogP contribution in [0.1, 0.15) is 31.9 Å². The van der Waals surface area contributed by atoms with E-state index in [9.17, 15) is 0 Å². The zero-order chi connectivity index (χ0) is 10.8. The van der Waals surface area contributed by atoms with E-state index in [-0.39, 0.29) is 0 Å². The Kier molecular flexibility index (Phi) is 2.99. The molecule has 2 rings (SSSR count). The molecule has 82 valence electrons. The molecule has 0 saturated carbocycles. The standard InChI is InChI=1S/C14H20O/c1-4-11-5-6-14-12(7-11)8-13(9-15-14)10(2)3/h5-7,10,13H,4,8-9H2,1-3H3. The molecule has 0 amide bonds. The molecule has 1 aliphatic rings. The van der Waals surface area contributed by atoms with Crippen LogP contribution in [-0.4, -0.2) is 6.61 Å². The second-order valence-corrected chi connectivity index (χ2v) is 4.81. The average molecular weight is 204 g/mol. The third-order valence-corrected chi connectivity index (χ3v) is 3.41. The smallest absolute Gasteiger partial charge is 0.122 e. The molecule has 1 aromatic rings. The molecule has 0 saturated heterocycles. The van der Waals surface area contributed by atoms with E-state index < -0.39 is 0 Å². The third-order valence-electron chi connectivity index (χ3n) is 3.41. The Morgan fingerprint density at radius 3 is 2.87 bits per heavy atom. The third kappa shape index (κ3) is 2.17. The first-order valence-electron chi connectivity index (χ1n) is 5.95. The lowest BCUT2D eigenvalue weighted by molar-refractivity contribution is 0.185. The van der Waals surface area contributed by atoms with Gasteiger partial charge in [0.2, 0.25) is 0 Å². The van der Waals surface area contributed by atoms with Gasteiger partial charge in [0.1, 0.15) is 5.75 Å². The molecule has 0 aromatic heterocycles. The molecule has 0 radical (unpaired) electrons. The lowest BCUT2D eigenvalue weighted by Crippen LogP contribution is -2.25. The molecule has 0 fully saturated rings. The minimum absolute atomic E-state index is 0.685. The van der Waals surface area contributed by atoms with Crippen molar-refractivity contribution < 1.29 is 4.74 Å². The van der Waals surface area contributed by atoms with Crippen LogP contribution in [0.5, 0.6) is 5.75 Å². The van der Waals surface area contributed by atoms with Gasteiger partial charge in [-0.05, 0) is 41.9 Å². The fraction of sp³-hybridized carbons (Fsp3) is 0.571. The summed E-state index contributed by atoms with van der Waals surface area (Å²) in [6.45, 7) is 7.65. The number of fused-ring (bicyclic) bond motifs is 1. The van der Waals surface area contributed by atoms with Crippen molar-refractivity contribution in [2.45, 2.75) is 33.6 Å².